The minimum Gasteiger partial charge on any atom is -0.545 e. The second-order valence-electron chi connectivity index (χ2n) is 24.9. The Bertz CT molecular complexity index is 5770. The van der Waals surface area contributed by atoms with Crippen molar-refractivity contribution in [1.82, 2.24) is 39.9 Å². The van der Waals surface area contributed by atoms with Crippen molar-refractivity contribution >= 4 is 105 Å². The van der Waals surface area contributed by atoms with E-state index in [0.29, 0.717) is 33.8 Å². The number of carbonyl (C=O) groups is 2. The average Bonchev–Trinajstić information content (AvgIpc) is 1.61. The molecule has 0 saturated heterocycles. The van der Waals surface area contributed by atoms with Crippen molar-refractivity contribution in [3.8, 4) is 89.0 Å². The summed E-state index contributed by atoms with van der Waals surface area (Å²) in [7, 11) is 0. The summed E-state index contributed by atoms with van der Waals surface area (Å²) in [5.41, 5.74) is 25.2. The van der Waals surface area contributed by atoms with Crippen LogP contribution in [0.25, 0.3) is 182 Å². The van der Waals surface area contributed by atoms with Gasteiger partial charge in [-0.2, -0.15) is 0 Å². The Hall–Kier alpha value is -13.6. The fourth-order valence-corrected chi connectivity index (χ4v) is 14.1. The van der Waals surface area contributed by atoms with Gasteiger partial charge in [-0.3, -0.25) is 0 Å². The molecule has 12 nitrogen and oxygen atoms in total. The summed E-state index contributed by atoms with van der Waals surface area (Å²) in [4.78, 5) is 61.2. The number of carboxylic acid groups (broad SMARTS) is 2. The Kier molecular flexibility index (Phi) is 17.2. The molecule has 489 valence electrons. The third-order valence-electron chi connectivity index (χ3n) is 18.7. The molecule has 10 heterocycles. The van der Waals surface area contributed by atoms with Crippen LogP contribution in [0.1, 0.15) is 66.3 Å². The molecule has 0 saturated carbocycles. The monoisotopic (exact) mass is 1370 g/mol. The molecular weight excluding hydrogens is 1310 g/mol. The molecule has 0 aliphatic carbocycles. The normalized spacial score (nSPS) is 11.8. The predicted octanol–water partition coefficient (Wildman–Crippen LogP) is 19.4. The number of aromatic nitrogens is 8. The summed E-state index contributed by atoms with van der Waals surface area (Å²) in [5, 5.41) is 26.2. The number of H-pyrrole nitrogens is 4. The molecule has 16 bridgehead atoms. The number of rotatable bonds is 10. The van der Waals surface area contributed by atoms with Gasteiger partial charge in [0.05, 0.1) is 79.6 Å². The minimum absolute atomic E-state index is 0. The number of hydrogen-bond donors (Lipinski definition) is 4. The van der Waals surface area contributed by atoms with E-state index >= 15 is 0 Å². The Morgan fingerprint density at radius 1 is 0.233 bits per heavy atom. The average molecular weight is 1370 g/mol. The maximum absolute atomic E-state index is 13.1. The van der Waals surface area contributed by atoms with E-state index in [2.05, 4.69) is 68.5 Å². The summed E-state index contributed by atoms with van der Waals surface area (Å²) in [6.45, 7) is 0. The molecule has 6 aromatic heterocycles. The first-order chi connectivity index (χ1) is 50.2. The Morgan fingerprint density at radius 3 is 0.680 bits per heavy atom. The summed E-state index contributed by atoms with van der Waals surface area (Å²) in [6.07, 6.45) is 15.4. The van der Waals surface area contributed by atoms with Crippen molar-refractivity contribution in [3.63, 3.8) is 0 Å². The Labute approximate surface area is 602 Å². The molecule has 0 unspecified atom stereocenters. The number of carboxylic acids is 2. The molecule has 0 fully saturated rings. The van der Waals surface area contributed by atoms with E-state index in [0.717, 1.165) is 145 Å². The van der Waals surface area contributed by atoms with Gasteiger partial charge in [0.15, 0.2) is 0 Å². The number of hydrogen-bond acceptors (Lipinski definition) is 8. The van der Waals surface area contributed by atoms with E-state index in [1.807, 2.05) is 267 Å². The summed E-state index contributed by atoms with van der Waals surface area (Å²) in [6, 6.07) is 92.6. The maximum Gasteiger partial charge on any atom is 2.00 e. The zero-order valence-corrected chi connectivity index (χ0v) is 56.2. The van der Waals surface area contributed by atoms with Crippen molar-refractivity contribution in [2.45, 2.75) is 0 Å². The molecule has 4 N–H and O–H groups in total. The number of fused-ring (bicyclic) bond motifs is 16. The van der Waals surface area contributed by atoms with Gasteiger partial charge in [0.25, 0.3) is 0 Å². The molecule has 13 heteroatoms. The quantitative estimate of drug-likeness (QED) is 0.0971. The van der Waals surface area contributed by atoms with Crippen LogP contribution in [0.2, 0.25) is 0 Å². The van der Waals surface area contributed by atoms with Gasteiger partial charge < -0.3 is 39.7 Å². The van der Waals surface area contributed by atoms with Crippen molar-refractivity contribution in [2.75, 3.05) is 0 Å². The van der Waals surface area contributed by atoms with Crippen LogP contribution >= 0.6 is 0 Å². The van der Waals surface area contributed by atoms with Gasteiger partial charge in [-0.1, -0.05) is 243 Å². The van der Waals surface area contributed by atoms with Crippen LogP contribution < -0.4 is 10.2 Å². The van der Waals surface area contributed by atoms with Crippen LogP contribution in [-0.4, -0.2) is 51.8 Å². The number of aromatic carboxylic acids is 2. The van der Waals surface area contributed by atoms with Crippen molar-refractivity contribution < 1.29 is 36.9 Å². The first kappa shape index (κ1) is 64.1. The molecule has 0 amide bonds. The fraction of sp³-hybridized carbons (Fsp3) is 0. The SMILES string of the molecule is O=C([O-])c1c2nc(c(-c3ccccc3)c3ccc([nH]3)c(-c3ccccc3)c3nc(c(-c4ccccc4)c4[nH]c1cc4-c1ccccc1)C=C3)C=C2.O=C([O-])c1c2nc(c(-c3ccccc3)c3ccc([nH]3)c(-c3ccccc3)c3nc(c(-c4ccccc4)c4[nH]c1cc4-c1ccccc1)C=C3)C=C2.[Mn+2]. The van der Waals surface area contributed by atoms with Crippen LogP contribution in [0.3, 0.4) is 0 Å². The molecule has 103 heavy (non-hydrogen) atoms. The van der Waals surface area contributed by atoms with E-state index in [4.69, 9.17) is 19.9 Å². The van der Waals surface area contributed by atoms with Crippen LogP contribution in [0.15, 0.2) is 279 Å². The summed E-state index contributed by atoms with van der Waals surface area (Å²) >= 11 is 0. The molecular formula is C90H58MnN8O4. The number of nitrogens with one attached hydrogen (secondary N) is 4. The van der Waals surface area contributed by atoms with Gasteiger partial charge in [0.1, 0.15) is 0 Å². The van der Waals surface area contributed by atoms with Gasteiger partial charge in [0.2, 0.25) is 0 Å². The van der Waals surface area contributed by atoms with E-state index < -0.39 is 11.9 Å². The summed E-state index contributed by atoms with van der Waals surface area (Å²) < 4.78 is 0. The van der Waals surface area contributed by atoms with Crippen LogP contribution in [0, 0.1) is 0 Å². The molecule has 4 aliphatic rings. The number of carbonyl (C=O) groups excluding carboxylic acids is 2. The van der Waals surface area contributed by atoms with Crippen molar-refractivity contribution in [2.24, 2.45) is 0 Å². The third-order valence-corrected chi connectivity index (χ3v) is 18.7. The Morgan fingerprint density at radius 2 is 0.437 bits per heavy atom. The number of benzene rings is 8. The smallest absolute Gasteiger partial charge is 0.545 e. The van der Waals surface area contributed by atoms with Gasteiger partial charge in [-0.15, -0.1) is 0 Å². The third kappa shape index (κ3) is 12.2. The minimum atomic E-state index is -1.33. The fourth-order valence-electron chi connectivity index (χ4n) is 14.1. The van der Waals surface area contributed by atoms with E-state index in [1.54, 1.807) is 12.2 Å². The molecule has 18 rings (SSSR count). The predicted molar refractivity (Wildman–Crippen MR) is 410 cm³/mol. The second-order valence-corrected chi connectivity index (χ2v) is 24.9. The molecule has 0 atom stereocenters. The van der Waals surface area contributed by atoms with E-state index in [1.165, 1.54) is 0 Å². The van der Waals surface area contributed by atoms with Crippen molar-refractivity contribution in [3.05, 3.63) is 336 Å². The molecule has 1 radical (unpaired) electrons. The van der Waals surface area contributed by atoms with Gasteiger partial charge in [-0.25, -0.2) is 19.9 Å². The standard InChI is InChI=1S/2C45H30N4O2.Mn/c2*50-45(51)43-38-26-24-36(48-38)41(30-17-9-3-10-18-30)34-22-21-33(46-34)40(29-15-7-2-8-16-29)35-23-25-37(47-35)42(31-19-11-4-12-20-31)44-32(27-39(43)49-44)28-13-5-1-6-14-28;/h2*1-27,46,49H,(H,50,51);/q;;+2/p-2. The van der Waals surface area contributed by atoms with Gasteiger partial charge in [-0.05, 0) is 130 Å². The largest absolute Gasteiger partial charge is 2.00 e. The maximum atomic E-state index is 13.1. The first-order valence-corrected chi connectivity index (χ1v) is 33.5. The van der Waals surface area contributed by atoms with Crippen molar-refractivity contribution in [1.29, 1.82) is 0 Å². The van der Waals surface area contributed by atoms with Crippen LogP contribution in [-0.2, 0) is 17.1 Å². The number of nitrogens with zero attached hydrogens (tertiary/aromatic N) is 4. The first-order valence-electron chi connectivity index (χ1n) is 33.5. The number of aromatic amines is 4. The summed E-state index contributed by atoms with van der Waals surface area (Å²) in [5.74, 6) is -2.65. The van der Waals surface area contributed by atoms with E-state index in [9.17, 15) is 19.8 Å². The van der Waals surface area contributed by atoms with Gasteiger partial charge >= 0.3 is 17.1 Å². The second kappa shape index (κ2) is 27.6. The molecule has 8 aromatic carbocycles. The zero-order valence-electron chi connectivity index (χ0n) is 55.0. The van der Waals surface area contributed by atoms with Crippen LogP contribution in [0.5, 0.6) is 0 Å². The topological polar surface area (TPSA) is 195 Å². The van der Waals surface area contributed by atoms with Crippen LogP contribution in [0.4, 0.5) is 0 Å². The molecule has 14 aromatic rings. The van der Waals surface area contributed by atoms with E-state index in [-0.39, 0.29) is 28.2 Å². The molecule has 4 aliphatic heterocycles. The molecule has 0 spiro atoms. The van der Waals surface area contributed by atoms with Gasteiger partial charge in [0, 0.05) is 77.7 Å². The Balaban J connectivity index is 0.000000158. The zero-order chi connectivity index (χ0) is 68.6.